The highest BCUT2D eigenvalue weighted by molar-refractivity contribution is 5.98. The smallest absolute Gasteiger partial charge is 0.290 e. The summed E-state index contributed by atoms with van der Waals surface area (Å²) in [4.78, 5) is 62.5. The number of nitrogens with zero attached hydrogens (tertiary/aromatic N) is 5. The molecule has 3 N–H and O–H groups in total. The number of hydrogen-bond acceptors (Lipinski definition) is 9. The highest BCUT2D eigenvalue weighted by Gasteiger charge is 2.28. The molecule has 3 heterocycles. The van der Waals surface area contributed by atoms with E-state index in [0.717, 1.165) is 5.56 Å². The summed E-state index contributed by atoms with van der Waals surface area (Å²) in [5, 5.41) is 12.6. The van der Waals surface area contributed by atoms with Gasteiger partial charge in [0.05, 0.1) is 37.2 Å². The number of rotatable bonds is 3. The fourth-order valence-corrected chi connectivity index (χ4v) is 4.59. The van der Waals surface area contributed by atoms with Crippen LogP contribution in [0.25, 0.3) is 11.4 Å². The van der Waals surface area contributed by atoms with Crippen LogP contribution in [0.4, 0.5) is 0 Å². The third-order valence-electron chi connectivity index (χ3n) is 6.74. The van der Waals surface area contributed by atoms with Crippen LogP contribution in [-0.4, -0.2) is 93.1 Å². The van der Waals surface area contributed by atoms with Crippen LogP contribution in [0.1, 0.15) is 35.6 Å². The molecule has 2 aromatic heterocycles. The standard InChI is InChI=1S/C28H35N7O5.CH2O2/c1-17(2)25-27(37)30-9-11-34-10-8-29-26(34)20-6-7-21(39-5)22(14-20)40-13-12-35(15-23(36)33-25)28(38)24-18(3)31-16-32-19(24)4;2-1-3/h6-8,10,14,16-17,25H,9,11-13,15H2,1-5H3,(H,30,37)(H,33,36);1H,(H,2,3)/t25-;/m1./s1. The minimum absolute atomic E-state index is 0.0765. The lowest BCUT2D eigenvalue weighted by atomic mass is 10.0. The minimum atomic E-state index is -0.776. The molecule has 1 aromatic carbocycles. The fraction of sp³-hybridized carbons (Fsp3) is 0.414. The second-order valence-corrected chi connectivity index (χ2v) is 9.99. The third-order valence-corrected chi connectivity index (χ3v) is 6.74. The van der Waals surface area contributed by atoms with Crippen LogP contribution in [0.3, 0.4) is 0 Å². The molecule has 2 bridgehead atoms. The van der Waals surface area contributed by atoms with Gasteiger partial charge in [0.2, 0.25) is 11.8 Å². The van der Waals surface area contributed by atoms with E-state index in [9.17, 15) is 14.4 Å². The predicted octanol–water partition coefficient (Wildman–Crippen LogP) is 1.46. The molecule has 14 nitrogen and oxygen atoms in total. The van der Waals surface area contributed by atoms with E-state index in [4.69, 9.17) is 19.4 Å². The number of carbonyl (C=O) groups excluding carboxylic acids is 3. The predicted molar refractivity (Wildman–Crippen MR) is 156 cm³/mol. The Hall–Kier alpha value is -5.01. The number of fused-ring (bicyclic) bond motifs is 4. The summed E-state index contributed by atoms with van der Waals surface area (Å²) in [5.41, 5.74) is 2.14. The number of nitrogens with one attached hydrogen (secondary N) is 2. The lowest BCUT2D eigenvalue weighted by Gasteiger charge is -2.26. The van der Waals surface area contributed by atoms with Gasteiger partial charge < -0.3 is 34.7 Å². The summed E-state index contributed by atoms with van der Waals surface area (Å²) in [6.07, 6.45) is 4.92. The molecule has 0 fully saturated rings. The largest absolute Gasteiger partial charge is 0.493 e. The second kappa shape index (κ2) is 15.3. The molecular weight excluding hydrogens is 558 g/mol. The Kier molecular flexibility index (Phi) is 11.6. The molecule has 0 unspecified atom stereocenters. The Morgan fingerprint density at radius 2 is 1.86 bits per heavy atom. The van der Waals surface area contributed by atoms with Gasteiger partial charge in [0.25, 0.3) is 12.4 Å². The summed E-state index contributed by atoms with van der Waals surface area (Å²) >= 11 is 0. The number of carboxylic acid groups (broad SMARTS) is 1. The van der Waals surface area contributed by atoms with Crippen LogP contribution < -0.4 is 20.1 Å². The Bertz CT molecular complexity index is 1420. The number of ether oxygens (including phenoxy) is 2. The SMILES string of the molecule is COc1ccc2cc1OCCN(C(=O)c1c(C)ncnc1C)CC(=O)N[C@H](C(C)C)C(=O)NCCn1ccnc1-2.O=CO. The van der Waals surface area contributed by atoms with E-state index in [2.05, 4.69) is 25.6 Å². The van der Waals surface area contributed by atoms with Crippen molar-refractivity contribution in [3.8, 4) is 22.9 Å². The maximum Gasteiger partial charge on any atom is 0.290 e. The van der Waals surface area contributed by atoms with E-state index in [1.807, 2.05) is 36.7 Å². The van der Waals surface area contributed by atoms with Gasteiger partial charge >= 0.3 is 0 Å². The van der Waals surface area contributed by atoms with Gasteiger partial charge in [-0.3, -0.25) is 19.2 Å². The number of aromatic nitrogens is 4. The summed E-state index contributed by atoms with van der Waals surface area (Å²) in [6, 6.07) is 4.71. The maximum absolute atomic E-state index is 13.7. The zero-order valence-electron chi connectivity index (χ0n) is 24.9. The molecule has 43 heavy (non-hydrogen) atoms. The van der Waals surface area contributed by atoms with Crippen LogP contribution in [0.15, 0.2) is 36.9 Å². The van der Waals surface area contributed by atoms with Crippen LogP contribution in [0.5, 0.6) is 11.5 Å². The Labute approximate surface area is 249 Å². The summed E-state index contributed by atoms with van der Waals surface area (Å²) in [6.45, 7) is 7.58. The van der Waals surface area contributed by atoms with E-state index in [-0.39, 0.29) is 38.0 Å². The number of amides is 3. The molecule has 0 saturated carbocycles. The van der Waals surface area contributed by atoms with Crippen molar-refractivity contribution in [3.63, 3.8) is 0 Å². The quantitative estimate of drug-likeness (QED) is 0.376. The van der Waals surface area contributed by atoms with E-state index >= 15 is 0 Å². The van der Waals surface area contributed by atoms with E-state index in [0.29, 0.717) is 47.4 Å². The van der Waals surface area contributed by atoms with Gasteiger partial charge in [-0.15, -0.1) is 0 Å². The molecule has 14 heteroatoms. The molecule has 4 rings (SSSR count). The van der Waals surface area contributed by atoms with Crippen LogP contribution in [0.2, 0.25) is 0 Å². The molecule has 0 spiro atoms. The number of benzene rings is 1. The highest BCUT2D eigenvalue weighted by Crippen LogP contribution is 2.32. The first kappa shape index (κ1) is 32.5. The first-order valence-electron chi connectivity index (χ1n) is 13.7. The van der Waals surface area contributed by atoms with Crippen LogP contribution >= 0.6 is 0 Å². The van der Waals surface area contributed by atoms with Crippen molar-refractivity contribution in [2.45, 2.75) is 40.3 Å². The van der Waals surface area contributed by atoms with Gasteiger partial charge in [-0.25, -0.2) is 15.0 Å². The van der Waals surface area contributed by atoms with Gasteiger partial charge in [0.15, 0.2) is 11.5 Å². The van der Waals surface area contributed by atoms with E-state index < -0.39 is 17.9 Å². The summed E-state index contributed by atoms with van der Waals surface area (Å²) in [5.74, 6) is 0.348. The number of hydrogen-bond donors (Lipinski definition) is 3. The average molecular weight is 596 g/mol. The number of imidazole rings is 1. The van der Waals surface area contributed by atoms with Gasteiger partial charge in [-0.1, -0.05) is 13.8 Å². The highest BCUT2D eigenvalue weighted by atomic mass is 16.5. The number of carbonyl (C=O) groups is 4. The molecule has 3 amide bonds. The molecule has 1 aliphatic rings. The first-order chi connectivity index (χ1) is 20.6. The molecular formula is C29H37N7O7. The Morgan fingerprint density at radius 1 is 1.16 bits per heavy atom. The normalized spacial score (nSPS) is 16.0. The van der Waals surface area contributed by atoms with Gasteiger partial charge in [-0.2, -0.15) is 0 Å². The second-order valence-electron chi connectivity index (χ2n) is 9.99. The van der Waals surface area contributed by atoms with Gasteiger partial charge in [0, 0.05) is 31.0 Å². The van der Waals surface area contributed by atoms with Crippen molar-refractivity contribution in [3.05, 3.63) is 53.9 Å². The first-order valence-corrected chi connectivity index (χ1v) is 13.7. The lowest BCUT2D eigenvalue weighted by molar-refractivity contribution is -0.130. The Balaban J connectivity index is 0.00000162. The average Bonchev–Trinajstić information content (AvgIpc) is 3.43. The van der Waals surface area contributed by atoms with Crippen molar-refractivity contribution < 1.29 is 33.8 Å². The monoisotopic (exact) mass is 595 g/mol. The lowest BCUT2D eigenvalue weighted by Crippen LogP contribution is -2.53. The molecule has 0 aliphatic carbocycles. The zero-order valence-corrected chi connectivity index (χ0v) is 24.9. The molecule has 1 aliphatic heterocycles. The molecule has 0 saturated heterocycles. The van der Waals surface area contributed by atoms with Crippen LogP contribution in [0, 0.1) is 19.8 Å². The van der Waals surface area contributed by atoms with Crippen molar-refractivity contribution in [2.24, 2.45) is 5.92 Å². The molecule has 0 radical (unpaired) electrons. The van der Waals surface area contributed by atoms with Crippen molar-refractivity contribution in [2.75, 3.05) is 33.4 Å². The number of methoxy groups -OCH3 is 1. The van der Waals surface area contributed by atoms with E-state index in [1.165, 1.54) is 11.2 Å². The summed E-state index contributed by atoms with van der Waals surface area (Å²) < 4.78 is 13.5. The minimum Gasteiger partial charge on any atom is -0.493 e. The van der Waals surface area contributed by atoms with Crippen LogP contribution in [-0.2, 0) is 20.9 Å². The molecule has 3 aromatic rings. The molecule has 1 atom stereocenters. The maximum atomic E-state index is 13.7. The summed E-state index contributed by atoms with van der Waals surface area (Å²) in [7, 11) is 1.55. The van der Waals surface area contributed by atoms with E-state index in [1.54, 1.807) is 33.2 Å². The Morgan fingerprint density at radius 3 is 2.51 bits per heavy atom. The zero-order chi connectivity index (χ0) is 31.5. The van der Waals surface area contributed by atoms with Crippen molar-refractivity contribution >= 4 is 24.2 Å². The fourth-order valence-electron chi connectivity index (χ4n) is 4.59. The van der Waals surface area contributed by atoms with Gasteiger partial charge in [-0.05, 0) is 38.0 Å². The molecule has 230 valence electrons. The topological polar surface area (TPSA) is 178 Å². The third kappa shape index (κ3) is 8.27. The number of aryl methyl sites for hydroxylation is 2. The van der Waals surface area contributed by atoms with Crippen molar-refractivity contribution in [1.29, 1.82) is 0 Å². The van der Waals surface area contributed by atoms with Gasteiger partial charge in [0.1, 0.15) is 24.8 Å². The van der Waals surface area contributed by atoms with Crippen molar-refractivity contribution in [1.82, 2.24) is 35.1 Å².